The van der Waals surface area contributed by atoms with Crippen LogP contribution in [0.3, 0.4) is 0 Å². The van der Waals surface area contributed by atoms with Crippen molar-refractivity contribution < 1.29 is 18.0 Å². The van der Waals surface area contributed by atoms with Crippen LogP contribution in [0.1, 0.15) is 25.0 Å². The van der Waals surface area contributed by atoms with Gasteiger partial charge in [-0.05, 0) is 49.2 Å². The molecule has 2 rings (SSSR count). The van der Waals surface area contributed by atoms with Crippen LogP contribution in [0.25, 0.3) is 0 Å². The number of hydrogen-bond donors (Lipinski definition) is 4. The van der Waals surface area contributed by atoms with E-state index in [0.717, 1.165) is 5.56 Å². The minimum Gasteiger partial charge on any atom is -0.352 e. The van der Waals surface area contributed by atoms with Gasteiger partial charge in [0.1, 0.15) is 0 Å². The predicted octanol–water partition coefficient (Wildman–Crippen LogP) is 1.72. The molecule has 28 heavy (non-hydrogen) atoms. The van der Waals surface area contributed by atoms with E-state index in [2.05, 4.69) is 16.0 Å². The molecular weight excluding hydrogens is 380 g/mol. The number of nitrogens with one attached hydrogen (secondary N) is 3. The van der Waals surface area contributed by atoms with Crippen LogP contribution < -0.4 is 21.1 Å². The third kappa shape index (κ3) is 7.01. The standard InChI is InChI=1S/C19H24N4O4S/c1-13(2)22-19(25)23-16-7-3-15(4-8-16)12-21-18(24)11-14-5-9-17(10-6-14)28(20,26)27/h3-10,13H,11-12H2,1-2H3,(H,21,24)(H2,20,26,27)(H2,22,23,25). The molecule has 5 N–H and O–H groups in total. The van der Waals surface area contributed by atoms with Crippen LogP contribution >= 0.6 is 0 Å². The largest absolute Gasteiger partial charge is 0.352 e. The lowest BCUT2D eigenvalue weighted by Crippen LogP contribution is -2.34. The molecule has 2 aromatic carbocycles. The van der Waals surface area contributed by atoms with Crippen molar-refractivity contribution in [3.05, 3.63) is 59.7 Å². The summed E-state index contributed by atoms with van der Waals surface area (Å²) in [6.45, 7) is 4.09. The zero-order valence-corrected chi connectivity index (χ0v) is 16.5. The Morgan fingerprint density at radius 2 is 1.54 bits per heavy atom. The number of nitrogens with two attached hydrogens (primary N) is 1. The number of anilines is 1. The zero-order chi connectivity index (χ0) is 20.7. The summed E-state index contributed by atoms with van der Waals surface area (Å²) in [6.07, 6.45) is 0.125. The highest BCUT2D eigenvalue weighted by Gasteiger charge is 2.09. The van der Waals surface area contributed by atoms with Crippen LogP contribution in [0.5, 0.6) is 0 Å². The number of hydrogen-bond acceptors (Lipinski definition) is 4. The van der Waals surface area contributed by atoms with E-state index in [9.17, 15) is 18.0 Å². The second-order valence-electron chi connectivity index (χ2n) is 6.59. The van der Waals surface area contributed by atoms with Crippen LogP contribution in [-0.2, 0) is 27.8 Å². The molecule has 0 radical (unpaired) electrons. The first-order valence-corrected chi connectivity index (χ1v) is 10.2. The van der Waals surface area contributed by atoms with Crippen LogP contribution in [0.2, 0.25) is 0 Å². The lowest BCUT2D eigenvalue weighted by Gasteiger charge is -2.11. The molecule has 0 bridgehead atoms. The fourth-order valence-corrected chi connectivity index (χ4v) is 2.90. The van der Waals surface area contributed by atoms with Gasteiger partial charge in [0.05, 0.1) is 11.3 Å². The van der Waals surface area contributed by atoms with E-state index in [1.54, 1.807) is 24.3 Å². The molecule has 9 heteroatoms. The van der Waals surface area contributed by atoms with E-state index in [1.165, 1.54) is 12.1 Å². The van der Waals surface area contributed by atoms with Crippen LogP contribution in [0.15, 0.2) is 53.4 Å². The molecular formula is C19H24N4O4S. The summed E-state index contributed by atoms with van der Waals surface area (Å²) in [4.78, 5) is 23.7. The van der Waals surface area contributed by atoms with Gasteiger partial charge in [-0.25, -0.2) is 18.4 Å². The summed E-state index contributed by atoms with van der Waals surface area (Å²) in [5.41, 5.74) is 2.22. The van der Waals surface area contributed by atoms with Crippen molar-refractivity contribution in [1.29, 1.82) is 0 Å². The van der Waals surface area contributed by atoms with E-state index in [-0.39, 0.29) is 29.3 Å². The van der Waals surface area contributed by atoms with Crippen molar-refractivity contribution in [2.75, 3.05) is 5.32 Å². The Labute approximate surface area is 164 Å². The Morgan fingerprint density at radius 1 is 0.964 bits per heavy atom. The minimum atomic E-state index is -3.74. The second-order valence-corrected chi connectivity index (χ2v) is 8.15. The van der Waals surface area contributed by atoms with Gasteiger partial charge in [0.15, 0.2) is 0 Å². The van der Waals surface area contributed by atoms with Gasteiger partial charge < -0.3 is 16.0 Å². The molecule has 0 unspecified atom stereocenters. The number of sulfonamides is 1. The van der Waals surface area contributed by atoms with Crippen LogP contribution in [0, 0.1) is 0 Å². The lowest BCUT2D eigenvalue weighted by atomic mass is 10.1. The SMILES string of the molecule is CC(C)NC(=O)Nc1ccc(CNC(=O)Cc2ccc(S(N)(=O)=O)cc2)cc1. The van der Waals surface area contributed by atoms with Crippen LogP contribution in [0.4, 0.5) is 10.5 Å². The average molecular weight is 404 g/mol. The molecule has 0 aliphatic heterocycles. The first-order valence-electron chi connectivity index (χ1n) is 8.68. The first kappa shape index (κ1) is 21.4. The fourth-order valence-electron chi connectivity index (χ4n) is 2.38. The van der Waals surface area contributed by atoms with Gasteiger partial charge in [-0.15, -0.1) is 0 Å². The second kappa shape index (κ2) is 9.34. The van der Waals surface area contributed by atoms with E-state index in [4.69, 9.17) is 5.14 Å². The number of rotatable bonds is 7. The highest BCUT2D eigenvalue weighted by atomic mass is 32.2. The summed E-state index contributed by atoms with van der Waals surface area (Å²) in [7, 11) is -3.74. The van der Waals surface area contributed by atoms with Gasteiger partial charge in [0.25, 0.3) is 0 Å². The predicted molar refractivity (Wildman–Crippen MR) is 107 cm³/mol. The molecule has 0 aliphatic rings. The Bertz CT molecular complexity index is 923. The van der Waals surface area contributed by atoms with E-state index in [0.29, 0.717) is 17.8 Å². The number of benzene rings is 2. The molecule has 0 saturated heterocycles. The normalized spacial score (nSPS) is 11.1. The Morgan fingerprint density at radius 3 is 2.07 bits per heavy atom. The molecule has 3 amide bonds. The summed E-state index contributed by atoms with van der Waals surface area (Å²) in [6, 6.07) is 12.8. The van der Waals surface area contributed by atoms with Gasteiger partial charge in [-0.1, -0.05) is 24.3 Å². The summed E-state index contributed by atoms with van der Waals surface area (Å²) < 4.78 is 22.5. The van der Waals surface area contributed by atoms with Crippen molar-refractivity contribution in [3.63, 3.8) is 0 Å². The monoisotopic (exact) mass is 404 g/mol. The molecule has 0 heterocycles. The van der Waals surface area contributed by atoms with Crippen molar-refractivity contribution in [2.24, 2.45) is 5.14 Å². The third-order valence-electron chi connectivity index (χ3n) is 3.74. The highest BCUT2D eigenvalue weighted by Crippen LogP contribution is 2.11. The Kier molecular flexibility index (Phi) is 7.13. The Hall–Kier alpha value is -2.91. The topological polar surface area (TPSA) is 130 Å². The van der Waals surface area contributed by atoms with E-state index >= 15 is 0 Å². The summed E-state index contributed by atoms with van der Waals surface area (Å²) in [5.74, 6) is -0.193. The number of primary sulfonamides is 1. The number of urea groups is 1. The molecule has 0 atom stereocenters. The maximum Gasteiger partial charge on any atom is 0.319 e. The van der Waals surface area contributed by atoms with Crippen LogP contribution in [-0.4, -0.2) is 26.4 Å². The number of amides is 3. The molecule has 0 aromatic heterocycles. The van der Waals surface area contributed by atoms with Crippen molar-refractivity contribution in [2.45, 2.75) is 37.8 Å². The van der Waals surface area contributed by atoms with Gasteiger partial charge >= 0.3 is 6.03 Å². The molecule has 0 spiro atoms. The highest BCUT2D eigenvalue weighted by molar-refractivity contribution is 7.89. The Balaban J connectivity index is 1.83. The maximum atomic E-state index is 12.1. The number of carbonyl (C=O) groups excluding carboxylic acids is 2. The molecule has 0 saturated carbocycles. The maximum absolute atomic E-state index is 12.1. The first-order chi connectivity index (χ1) is 13.1. The quantitative estimate of drug-likeness (QED) is 0.560. The smallest absolute Gasteiger partial charge is 0.319 e. The zero-order valence-electron chi connectivity index (χ0n) is 15.7. The van der Waals surface area contributed by atoms with Gasteiger partial charge in [0.2, 0.25) is 15.9 Å². The van der Waals surface area contributed by atoms with Crippen molar-refractivity contribution >= 4 is 27.6 Å². The average Bonchev–Trinajstić information content (AvgIpc) is 2.60. The van der Waals surface area contributed by atoms with Gasteiger partial charge in [0, 0.05) is 18.3 Å². The minimum absolute atomic E-state index is 0.00688. The molecule has 0 fully saturated rings. The fraction of sp³-hybridized carbons (Fsp3) is 0.263. The molecule has 2 aromatic rings. The van der Waals surface area contributed by atoms with Gasteiger partial charge in [-0.2, -0.15) is 0 Å². The third-order valence-corrected chi connectivity index (χ3v) is 4.67. The van der Waals surface area contributed by atoms with E-state index < -0.39 is 10.0 Å². The molecule has 0 aliphatic carbocycles. The summed E-state index contributed by atoms with van der Waals surface area (Å²) in [5, 5.41) is 13.3. The summed E-state index contributed by atoms with van der Waals surface area (Å²) >= 11 is 0. The molecule has 8 nitrogen and oxygen atoms in total. The van der Waals surface area contributed by atoms with Gasteiger partial charge in [-0.3, -0.25) is 4.79 Å². The number of carbonyl (C=O) groups is 2. The van der Waals surface area contributed by atoms with Crippen molar-refractivity contribution in [1.82, 2.24) is 10.6 Å². The molecule has 150 valence electrons. The van der Waals surface area contributed by atoms with E-state index in [1.807, 2.05) is 26.0 Å². The van der Waals surface area contributed by atoms with Crippen molar-refractivity contribution in [3.8, 4) is 0 Å². The lowest BCUT2D eigenvalue weighted by molar-refractivity contribution is -0.120.